The van der Waals surface area contributed by atoms with Crippen LogP contribution in [0.25, 0.3) is 6.08 Å². The fourth-order valence-corrected chi connectivity index (χ4v) is 4.03. The Morgan fingerprint density at radius 3 is 3.04 bits per heavy atom. The summed E-state index contributed by atoms with van der Waals surface area (Å²) in [4.78, 5) is 16.0. The van der Waals surface area contributed by atoms with E-state index < -0.39 is 0 Å². The Hall–Kier alpha value is -2.38. The lowest BCUT2D eigenvalue weighted by Gasteiger charge is -2.34. The Balaban J connectivity index is 1.81. The molecule has 0 radical (unpaired) electrons. The topological polar surface area (TPSA) is 44.1 Å². The van der Waals surface area contributed by atoms with Gasteiger partial charge in [0.15, 0.2) is 0 Å². The summed E-state index contributed by atoms with van der Waals surface area (Å²) in [7, 11) is 0. The quantitative estimate of drug-likeness (QED) is 0.796. The van der Waals surface area contributed by atoms with E-state index in [1.165, 1.54) is 10.4 Å². The van der Waals surface area contributed by atoms with Crippen molar-refractivity contribution in [2.24, 2.45) is 0 Å². The van der Waals surface area contributed by atoms with Crippen LogP contribution in [0.4, 0.5) is 0 Å². The first-order chi connectivity index (χ1) is 11.2. The lowest BCUT2D eigenvalue weighted by molar-refractivity contribution is -0.128. The second kappa shape index (κ2) is 6.80. The minimum Gasteiger partial charge on any atom is -0.332 e. The number of hydrogen-bond donors (Lipinski definition) is 0. The minimum absolute atomic E-state index is 0.0152. The number of rotatable bonds is 3. The first-order valence-corrected chi connectivity index (χ1v) is 8.66. The standard InChI is InChI=1S/C19H18N2OS/c1-2-17-16-10-12-23-18(16)9-11-21(17)19(22)8-7-14-5-3-4-6-15(14)13-20/h3-8,10,12,17H,2,9,11H2,1H3. The van der Waals surface area contributed by atoms with Crippen molar-refractivity contribution in [2.75, 3.05) is 6.54 Å². The van der Waals surface area contributed by atoms with Crippen LogP contribution in [0, 0.1) is 11.3 Å². The molecule has 0 N–H and O–H groups in total. The van der Waals surface area contributed by atoms with Gasteiger partial charge in [-0.15, -0.1) is 11.3 Å². The average molecular weight is 322 g/mol. The first kappa shape index (κ1) is 15.5. The van der Waals surface area contributed by atoms with Crippen molar-refractivity contribution in [1.29, 1.82) is 5.26 Å². The molecule has 1 amide bonds. The van der Waals surface area contributed by atoms with Gasteiger partial charge in [-0.05, 0) is 47.6 Å². The van der Waals surface area contributed by atoms with E-state index in [1.807, 2.05) is 23.1 Å². The molecule has 1 unspecified atom stereocenters. The van der Waals surface area contributed by atoms with E-state index in [2.05, 4.69) is 24.4 Å². The van der Waals surface area contributed by atoms with Gasteiger partial charge >= 0.3 is 0 Å². The molecule has 0 aliphatic carbocycles. The largest absolute Gasteiger partial charge is 0.332 e. The number of amides is 1. The van der Waals surface area contributed by atoms with Crippen LogP contribution in [-0.2, 0) is 11.2 Å². The molecule has 0 saturated heterocycles. The van der Waals surface area contributed by atoms with Crippen molar-refractivity contribution >= 4 is 23.3 Å². The van der Waals surface area contributed by atoms with E-state index >= 15 is 0 Å². The summed E-state index contributed by atoms with van der Waals surface area (Å²) in [5, 5.41) is 11.2. The van der Waals surface area contributed by atoms with Gasteiger partial charge in [0.2, 0.25) is 5.91 Å². The first-order valence-electron chi connectivity index (χ1n) is 7.78. The van der Waals surface area contributed by atoms with Crippen molar-refractivity contribution in [3.63, 3.8) is 0 Å². The number of thiophene rings is 1. The van der Waals surface area contributed by atoms with Gasteiger partial charge in [0.25, 0.3) is 0 Å². The summed E-state index contributed by atoms with van der Waals surface area (Å²) in [5.41, 5.74) is 2.66. The van der Waals surface area contributed by atoms with Gasteiger partial charge in [-0.2, -0.15) is 5.26 Å². The minimum atomic E-state index is 0.0152. The lowest BCUT2D eigenvalue weighted by Crippen LogP contribution is -2.38. The molecular formula is C19H18N2OS. The third kappa shape index (κ3) is 3.06. The van der Waals surface area contributed by atoms with E-state index in [0.29, 0.717) is 5.56 Å². The maximum absolute atomic E-state index is 12.6. The van der Waals surface area contributed by atoms with E-state index in [0.717, 1.165) is 24.9 Å². The number of carbonyl (C=O) groups is 1. The van der Waals surface area contributed by atoms with Crippen molar-refractivity contribution in [3.8, 4) is 6.07 Å². The van der Waals surface area contributed by atoms with Crippen LogP contribution in [0.5, 0.6) is 0 Å². The molecule has 1 atom stereocenters. The highest BCUT2D eigenvalue weighted by Gasteiger charge is 2.29. The van der Waals surface area contributed by atoms with E-state index in [1.54, 1.807) is 29.6 Å². The Kier molecular flexibility index (Phi) is 4.59. The SMILES string of the molecule is CCC1c2ccsc2CCN1C(=O)C=Cc1ccccc1C#N. The third-order valence-corrected chi connectivity index (χ3v) is 5.25. The Morgan fingerprint density at radius 1 is 1.43 bits per heavy atom. The van der Waals surface area contributed by atoms with Gasteiger partial charge in [0, 0.05) is 17.5 Å². The summed E-state index contributed by atoms with van der Waals surface area (Å²) in [6.07, 6.45) is 5.18. The van der Waals surface area contributed by atoms with Gasteiger partial charge in [-0.1, -0.05) is 25.1 Å². The molecule has 0 fully saturated rings. The fraction of sp³-hybridized carbons (Fsp3) is 0.263. The summed E-state index contributed by atoms with van der Waals surface area (Å²) in [5.74, 6) is 0.0152. The molecule has 1 aliphatic rings. The fourth-order valence-electron chi connectivity index (χ4n) is 3.10. The molecule has 3 nitrogen and oxygen atoms in total. The maximum Gasteiger partial charge on any atom is 0.247 e. The van der Waals surface area contributed by atoms with Crippen LogP contribution in [0.3, 0.4) is 0 Å². The molecule has 3 rings (SSSR count). The van der Waals surface area contributed by atoms with Gasteiger partial charge in [0.1, 0.15) is 0 Å². The van der Waals surface area contributed by atoms with Crippen LogP contribution >= 0.6 is 11.3 Å². The molecule has 0 bridgehead atoms. The highest BCUT2D eigenvalue weighted by Crippen LogP contribution is 2.35. The molecule has 1 aliphatic heterocycles. The van der Waals surface area contributed by atoms with Crippen molar-refractivity contribution in [1.82, 2.24) is 4.90 Å². The molecular weight excluding hydrogens is 304 g/mol. The second-order valence-corrected chi connectivity index (χ2v) is 6.54. The third-order valence-electron chi connectivity index (χ3n) is 4.25. The van der Waals surface area contributed by atoms with Gasteiger partial charge in [-0.25, -0.2) is 0 Å². The predicted molar refractivity (Wildman–Crippen MR) is 93.0 cm³/mol. The van der Waals surface area contributed by atoms with Gasteiger partial charge in [0.05, 0.1) is 17.7 Å². The van der Waals surface area contributed by atoms with E-state index in [4.69, 9.17) is 5.26 Å². The molecule has 116 valence electrons. The molecule has 2 aromatic rings. The van der Waals surface area contributed by atoms with Crippen LogP contribution in [-0.4, -0.2) is 17.4 Å². The van der Waals surface area contributed by atoms with Gasteiger partial charge in [-0.3, -0.25) is 4.79 Å². The van der Waals surface area contributed by atoms with Crippen LogP contribution in [0.1, 0.15) is 41.0 Å². The lowest BCUT2D eigenvalue weighted by atomic mass is 9.97. The Morgan fingerprint density at radius 2 is 2.26 bits per heavy atom. The molecule has 23 heavy (non-hydrogen) atoms. The molecule has 1 aromatic carbocycles. The Bertz CT molecular complexity index is 785. The number of carbonyl (C=O) groups excluding carboxylic acids is 1. The number of hydrogen-bond acceptors (Lipinski definition) is 3. The number of nitriles is 1. The van der Waals surface area contributed by atoms with Crippen molar-refractivity contribution in [2.45, 2.75) is 25.8 Å². The zero-order valence-corrected chi connectivity index (χ0v) is 13.8. The van der Waals surface area contributed by atoms with Crippen LogP contribution in [0.2, 0.25) is 0 Å². The van der Waals surface area contributed by atoms with Crippen molar-refractivity contribution < 1.29 is 4.79 Å². The number of fused-ring (bicyclic) bond motifs is 1. The zero-order valence-electron chi connectivity index (χ0n) is 13.0. The van der Waals surface area contributed by atoms with Crippen molar-refractivity contribution in [3.05, 3.63) is 63.4 Å². The summed E-state index contributed by atoms with van der Waals surface area (Å²) < 4.78 is 0. The molecule has 1 aromatic heterocycles. The second-order valence-electron chi connectivity index (χ2n) is 5.54. The van der Waals surface area contributed by atoms with Crippen LogP contribution < -0.4 is 0 Å². The molecule has 2 heterocycles. The molecule has 0 saturated carbocycles. The summed E-state index contributed by atoms with van der Waals surface area (Å²) in [6, 6.07) is 11.8. The predicted octanol–water partition coefficient (Wildman–Crippen LogP) is 4.17. The highest BCUT2D eigenvalue weighted by atomic mass is 32.1. The average Bonchev–Trinajstić information content (AvgIpc) is 3.07. The maximum atomic E-state index is 12.6. The smallest absolute Gasteiger partial charge is 0.247 e. The van der Waals surface area contributed by atoms with E-state index in [9.17, 15) is 4.79 Å². The molecule has 0 spiro atoms. The van der Waals surface area contributed by atoms with Gasteiger partial charge < -0.3 is 4.90 Å². The Labute approximate surface area is 140 Å². The molecule has 4 heteroatoms. The van der Waals surface area contributed by atoms with E-state index in [-0.39, 0.29) is 11.9 Å². The summed E-state index contributed by atoms with van der Waals surface area (Å²) in [6.45, 7) is 2.88. The zero-order chi connectivity index (χ0) is 16.2. The summed E-state index contributed by atoms with van der Waals surface area (Å²) >= 11 is 1.78. The highest BCUT2D eigenvalue weighted by molar-refractivity contribution is 7.10. The van der Waals surface area contributed by atoms with Crippen LogP contribution in [0.15, 0.2) is 41.8 Å². The normalized spacial score (nSPS) is 17.0. The number of nitrogens with zero attached hydrogens (tertiary/aromatic N) is 2. The number of benzene rings is 1. The monoisotopic (exact) mass is 322 g/mol.